The highest BCUT2D eigenvalue weighted by atomic mass is 32.2. The number of fused-ring (bicyclic) bond motifs is 1. The molecule has 19 heavy (non-hydrogen) atoms. The highest BCUT2D eigenvalue weighted by molar-refractivity contribution is 7.88. The first-order valence-corrected chi connectivity index (χ1v) is 7.71. The first-order valence-electron chi connectivity index (χ1n) is 5.68. The van der Waals surface area contributed by atoms with Crippen molar-refractivity contribution >= 4 is 38.8 Å². The van der Waals surface area contributed by atoms with Gasteiger partial charge in [-0.3, -0.25) is 4.72 Å². The minimum Gasteiger partial charge on any atom is -0.507 e. The topological polar surface area (TPSA) is 49.3 Å². The van der Waals surface area contributed by atoms with Crippen LogP contribution in [0.4, 0.5) is 5.69 Å². The molecule has 5 heteroatoms. The molecule has 0 aliphatic rings. The van der Waals surface area contributed by atoms with Gasteiger partial charge in [-0.2, -0.15) is 0 Å². The third-order valence-electron chi connectivity index (χ3n) is 2.78. The molecule has 3 rings (SSSR count). The minimum atomic E-state index is -1.28. The van der Waals surface area contributed by atoms with Crippen LogP contribution >= 0.6 is 11.3 Å². The lowest BCUT2D eigenvalue weighted by molar-refractivity contribution is 0.481. The van der Waals surface area contributed by atoms with E-state index >= 15 is 0 Å². The molecule has 0 aliphatic heterocycles. The molecule has 0 saturated heterocycles. The van der Waals surface area contributed by atoms with Crippen LogP contribution in [-0.4, -0.2) is 9.32 Å². The summed E-state index contributed by atoms with van der Waals surface area (Å²) in [6, 6.07) is 14.5. The van der Waals surface area contributed by atoms with Crippen LogP contribution < -0.4 is 4.72 Å². The van der Waals surface area contributed by atoms with Gasteiger partial charge in [-0.05, 0) is 23.6 Å². The molecule has 3 aromatic rings. The quantitative estimate of drug-likeness (QED) is 0.722. The Morgan fingerprint density at radius 1 is 1.00 bits per heavy atom. The SMILES string of the molecule is O=S(Nc1ccc(O)c2ccccc12)c1cccs1. The van der Waals surface area contributed by atoms with Gasteiger partial charge in [-0.1, -0.05) is 30.3 Å². The van der Waals surface area contributed by atoms with Gasteiger partial charge in [0.25, 0.3) is 0 Å². The zero-order chi connectivity index (χ0) is 13.2. The lowest BCUT2D eigenvalue weighted by atomic mass is 10.1. The van der Waals surface area contributed by atoms with Crippen LogP contribution in [0.3, 0.4) is 0 Å². The summed E-state index contributed by atoms with van der Waals surface area (Å²) in [5, 5.41) is 13.3. The molecule has 0 spiro atoms. The van der Waals surface area contributed by atoms with E-state index in [4.69, 9.17) is 0 Å². The molecule has 1 unspecified atom stereocenters. The number of thiophene rings is 1. The Morgan fingerprint density at radius 3 is 2.53 bits per heavy atom. The van der Waals surface area contributed by atoms with Gasteiger partial charge in [-0.15, -0.1) is 11.3 Å². The van der Waals surface area contributed by atoms with Crippen LogP contribution in [0.25, 0.3) is 10.8 Å². The van der Waals surface area contributed by atoms with Crippen LogP contribution in [0.1, 0.15) is 0 Å². The lowest BCUT2D eigenvalue weighted by Gasteiger charge is -2.09. The molecule has 0 amide bonds. The van der Waals surface area contributed by atoms with E-state index in [1.165, 1.54) is 11.3 Å². The van der Waals surface area contributed by atoms with Crippen molar-refractivity contribution in [3.63, 3.8) is 0 Å². The zero-order valence-electron chi connectivity index (χ0n) is 9.87. The van der Waals surface area contributed by atoms with Gasteiger partial charge in [0.2, 0.25) is 0 Å². The second-order valence-corrected chi connectivity index (χ2v) is 6.37. The summed E-state index contributed by atoms with van der Waals surface area (Å²) in [5.74, 6) is 0.225. The van der Waals surface area contributed by atoms with Gasteiger partial charge in [0.15, 0.2) is 11.0 Å². The van der Waals surface area contributed by atoms with Gasteiger partial charge in [-0.25, -0.2) is 4.21 Å². The number of nitrogens with one attached hydrogen (secondary N) is 1. The van der Waals surface area contributed by atoms with Crippen LogP contribution in [0.5, 0.6) is 5.75 Å². The Hall–Kier alpha value is -1.85. The van der Waals surface area contributed by atoms with Crippen LogP contribution in [-0.2, 0) is 11.0 Å². The highest BCUT2D eigenvalue weighted by Crippen LogP contribution is 2.31. The number of aromatic hydroxyl groups is 1. The molecule has 1 heterocycles. The summed E-state index contributed by atoms with van der Waals surface area (Å²) in [5.41, 5.74) is 0.750. The fraction of sp³-hybridized carbons (Fsp3) is 0. The number of hydrogen-bond donors (Lipinski definition) is 2. The standard InChI is InChI=1S/C14H11NO2S2/c16-13-8-7-12(10-4-1-2-5-11(10)13)15-19(17)14-6-3-9-18-14/h1-9,15-16H. The summed E-state index contributed by atoms with van der Waals surface area (Å²) in [4.78, 5) is 0. The van der Waals surface area contributed by atoms with Crippen molar-refractivity contribution in [2.75, 3.05) is 4.72 Å². The van der Waals surface area contributed by atoms with Crippen molar-refractivity contribution in [2.24, 2.45) is 0 Å². The largest absolute Gasteiger partial charge is 0.507 e. The highest BCUT2D eigenvalue weighted by Gasteiger charge is 2.09. The second kappa shape index (κ2) is 5.03. The number of anilines is 1. The molecule has 0 aliphatic carbocycles. The smallest absolute Gasteiger partial charge is 0.160 e. The average Bonchev–Trinajstić information content (AvgIpc) is 2.96. The summed E-state index contributed by atoms with van der Waals surface area (Å²) < 4.78 is 15.9. The van der Waals surface area contributed by atoms with Crippen molar-refractivity contribution < 1.29 is 9.32 Å². The van der Waals surface area contributed by atoms with Gasteiger partial charge >= 0.3 is 0 Å². The van der Waals surface area contributed by atoms with E-state index in [2.05, 4.69) is 4.72 Å². The van der Waals surface area contributed by atoms with E-state index in [1.807, 2.05) is 41.8 Å². The normalized spacial score (nSPS) is 12.4. The summed E-state index contributed by atoms with van der Waals surface area (Å²) in [6.07, 6.45) is 0. The molecule has 0 bridgehead atoms. The number of benzene rings is 2. The Morgan fingerprint density at radius 2 is 1.79 bits per heavy atom. The van der Waals surface area contributed by atoms with Gasteiger partial charge in [0, 0.05) is 10.8 Å². The molecule has 2 N–H and O–H groups in total. The predicted molar refractivity (Wildman–Crippen MR) is 80.0 cm³/mol. The van der Waals surface area contributed by atoms with Gasteiger partial charge < -0.3 is 5.11 Å². The van der Waals surface area contributed by atoms with E-state index in [9.17, 15) is 9.32 Å². The fourth-order valence-corrected chi connectivity index (χ4v) is 3.66. The molecule has 0 fully saturated rings. The summed E-state index contributed by atoms with van der Waals surface area (Å²) in [6.45, 7) is 0. The lowest BCUT2D eigenvalue weighted by Crippen LogP contribution is -2.03. The molecule has 3 nitrogen and oxygen atoms in total. The average molecular weight is 289 g/mol. The molecule has 0 radical (unpaired) electrons. The van der Waals surface area contributed by atoms with E-state index < -0.39 is 11.0 Å². The Kier molecular flexibility index (Phi) is 3.23. The Labute approximate surface area is 117 Å². The molecule has 2 aromatic carbocycles. The van der Waals surface area contributed by atoms with Crippen molar-refractivity contribution in [1.82, 2.24) is 0 Å². The Bertz CT molecular complexity index is 738. The maximum atomic E-state index is 12.2. The number of hydrogen-bond acceptors (Lipinski definition) is 3. The number of phenolic OH excluding ortho intramolecular Hbond substituents is 1. The van der Waals surface area contributed by atoms with E-state index in [-0.39, 0.29) is 5.75 Å². The molecule has 0 saturated carbocycles. The zero-order valence-corrected chi connectivity index (χ0v) is 11.5. The first kappa shape index (κ1) is 12.2. The monoisotopic (exact) mass is 289 g/mol. The maximum Gasteiger partial charge on any atom is 0.160 e. The second-order valence-electron chi connectivity index (χ2n) is 3.98. The molecule has 96 valence electrons. The maximum absolute atomic E-state index is 12.2. The predicted octanol–water partition coefficient (Wildman–Crippen LogP) is 3.74. The van der Waals surface area contributed by atoms with Crippen LogP contribution in [0.15, 0.2) is 58.1 Å². The Balaban J connectivity index is 2.02. The molecular formula is C14H11NO2S2. The molecular weight excluding hydrogens is 278 g/mol. The third kappa shape index (κ3) is 2.34. The fourth-order valence-electron chi connectivity index (χ4n) is 1.89. The van der Waals surface area contributed by atoms with E-state index in [1.54, 1.807) is 12.1 Å². The molecule has 1 aromatic heterocycles. The van der Waals surface area contributed by atoms with Crippen LogP contribution in [0.2, 0.25) is 0 Å². The van der Waals surface area contributed by atoms with Crippen LogP contribution in [0, 0.1) is 0 Å². The van der Waals surface area contributed by atoms with Gasteiger partial charge in [0.1, 0.15) is 9.96 Å². The first-order chi connectivity index (χ1) is 9.25. The third-order valence-corrected chi connectivity index (χ3v) is 5.09. The van der Waals surface area contributed by atoms with Crippen molar-refractivity contribution in [3.05, 3.63) is 53.9 Å². The van der Waals surface area contributed by atoms with E-state index in [0.717, 1.165) is 20.7 Å². The molecule has 1 atom stereocenters. The minimum absolute atomic E-state index is 0.225. The van der Waals surface area contributed by atoms with E-state index in [0.29, 0.717) is 0 Å². The number of rotatable bonds is 3. The summed E-state index contributed by atoms with van der Waals surface area (Å²) >= 11 is 1.45. The summed E-state index contributed by atoms with van der Waals surface area (Å²) in [7, 11) is -1.28. The van der Waals surface area contributed by atoms with Crippen molar-refractivity contribution in [1.29, 1.82) is 0 Å². The van der Waals surface area contributed by atoms with Gasteiger partial charge in [0.05, 0.1) is 5.69 Å². The number of phenols is 1. The van der Waals surface area contributed by atoms with Crippen molar-refractivity contribution in [3.8, 4) is 5.75 Å². The van der Waals surface area contributed by atoms with Crippen molar-refractivity contribution in [2.45, 2.75) is 4.21 Å².